The molecule has 0 aliphatic carbocycles. The highest BCUT2D eigenvalue weighted by Crippen LogP contribution is 2.36. The maximum atomic E-state index is 13.3. The average molecular weight is 382 g/mol. The van der Waals surface area contributed by atoms with E-state index in [0.29, 0.717) is 52.1 Å². The SMILES string of the molecule is CCCc1cc2c(=O)c(-c3ccc4c(c3)OCO4)coc2c(C[NH+](C)C)c1O. The smallest absolute Gasteiger partial charge is 0.231 e. The van der Waals surface area contributed by atoms with E-state index in [-0.39, 0.29) is 18.0 Å². The molecule has 28 heavy (non-hydrogen) atoms. The van der Waals surface area contributed by atoms with Gasteiger partial charge in [-0.05, 0) is 35.7 Å². The second-order valence-electron chi connectivity index (χ2n) is 7.42. The molecule has 3 aromatic rings. The highest BCUT2D eigenvalue weighted by atomic mass is 16.7. The topological polar surface area (TPSA) is 73.3 Å². The van der Waals surface area contributed by atoms with Gasteiger partial charge in [0.2, 0.25) is 12.2 Å². The van der Waals surface area contributed by atoms with Crippen LogP contribution in [0.5, 0.6) is 17.2 Å². The third-order valence-electron chi connectivity index (χ3n) is 4.94. The van der Waals surface area contributed by atoms with Crippen molar-refractivity contribution < 1.29 is 23.9 Å². The lowest BCUT2D eigenvalue weighted by Gasteiger charge is -2.15. The van der Waals surface area contributed by atoms with Gasteiger partial charge in [-0.1, -0.05) is 19.4 Å². The Kier molecular flexibility index (Phi) is 4.73. The predicted octanol–water partition coefficient (Wildman–Crippen LogP) is 2.49. The second kappa shape index (κ2) is 7.20. The molecule has 1 aliphatic heterocycles. The van der Waals surface area contributed by atoms with Gasteiger partial charge in [0.1, 0.15) is 24.1 Å². The minimum absolute atomic E-state index is 0.118. The molecule has 0 unspecified atom stereocenters. The fourth-order valence-electron chi connectivity index (χ4n) is 3.63. The summed E-state index contributed by atoms with van der Waals surface area (Å²) in [5.41, 5.74) is 2.96. The number of phenolic OH excluding ortho intramolecular Hbond substituents is 1. The fraction of sp³-hybridized carbons (Fsp3) is 0.318. The Morgan fingerprint density at radius 3 is 2.68 bits per heavy atom. The van der Waals surface area contributed by atoms with Crippen LogP contribution in [0.15, 0.2) is 39.7 Å². The Morgan fingerprint density at radius 2 is 1.93 bits per heavy atom. The standard InChI is InChI=1S/C22H23NO5/c1-4-5-14-8-15-21(25)17(13-6-7-18-19(9-13)28-12-27-18)11-26-22(15)16(20(14)24)10-23(2)3/h6-9,11,24H,4-5,10,12H2,1-3H3/p+1. The third kappa shape index (κ3) is 3.10. The molecule has 0 amide bonds. The van der Waals surface area contributed by atoms with Gasteiger partial charge in [0.05, 0.1) is 30.6 Å². The Bertz CT molecular complexity index is 1100. The third-order valence-corrected chi connectivity index (χ3v) is 4.94. The summed E-state index contributed by atoms with van der Waals surface area (Å²) in [7, 11) is 3.99. The number of rotatable bonds is 5. The molecule has 6 heteroatoms. The first kappa shape index (κ1) is 18.4. The molecule has 0 atom stereocenters. The number of aromatic hydroxyl groups is 1. The molecule has 146 valence electrons. The predicted molar refractivity (Wildman–Crippen MR) is 106 cm³/mol. The lowest BCUT2D eigenvalue weighted by atomic mass is 9.98. The van der Waals surface area contributed by atoms with Gasteiger partial charge >= 0.3 is 0 Å². The molecule has 0 fully saturated rings. The van der Waals surface area contributed by atoms with Gasteiger partial charge in [-0.3, -0.25) is 4.79 Å². The van der Waals surface area contributed by atoms with Gasteiger partial charge in [0.25, 0.3) is 0 Å². The van der Waals surface area contributed by atoms with Crippen LogP contribution >= 0.6 is 0 Å². The molecular weight excluding hydrogens is 358 g/mol. The van der Waals surface area contributed by atoms with E-state index < -0.39 is 0 Å². The number of phenols is 1. The number of aryl methyl sites for hydroxylation is 1. The van der Waals surface area contributed by atoms with E-state index >= 15 is 0 Å². The van der Waals surface area contributed by atoms with Crippen molar-refractivity contribution in [1.29, 1.82) is 0 Å². The number of quaternary nitrogens is 1. The molecule has 1 aromatic heterocycles. The summed E-state index contributed by atoms with van der Waals surface area (Å²) in [6, 6.07) is 7.18. The van der Waals surface area contributed by atoms with Gasteiger partial charge in [-0.15, -0.1) is 0 Å². The summed E-state index contributed by atoms with van der Waals surface area (Å²) in [5.74, 6) is 1.51. The van der Waals surface area contributed by atoms with Crippen LogP contribution in [0.25, 0.3) is 22.1 Å². The van der Waals surface area contributed by atoms with Crippen molar-refractivity contribution in [1.82, 2.24) is 0 Å². The number of benzene rings is 2. The monoisotopic (exact) mass is 382 g/mol. The summed E-state index contributed by atoms with van der Waals surface area (Å²) >= 11 is 0. The molecule has 0 saturated carbocycles. The summed E-state index contributed by atoms with van der Waals surface area (Å²) in [6.07, 6.45) is 3.04. The molecule has 2 heterocycles. The first-order valence-corrected chi connectivity index (χ1v) is 9.47. The van der Waals surface area contributed by atoms with Crippen LogP contribution in [0.3, 0.4) is 0 Å². The molecule has 2 N–H and O–H groups in total. The zero-order valence-corrected chi connectivity index (χ0v) is 16.3. The molecular formula is C22H24NO5+. The number of nitrogens with one attached hydrogen (secondary N) is 1. The van der Waals surface area contributed by atoms with E-state index in [1.54, 1.807) is 18.2 Å². The van der Waals surface area contributed by atoms with Gasteiger partial charge in [0, 0.05) is 0 Å². The lowest BCUT2D eigenvalue weighted by Crippen LogP contribution is -3.04. The Hall–Kier alpha value is -2.99. The summed E-state index contributed by atoms with van der Waals surface area (Å²) in [4.78, 5) is 14.4. The molecule has 0 spiro atoms. The Morgan fingerprint density at radius 1 is 1.14 bits per heavy atom. The lowest BCUT2D eigenvalue weighted by molar-refractivity contribution is -0.872. The molecule has 4 rings (SSSR count). The van der Waals surface area contributed by atoms with Gasteiger partial charge in [0.15, 0.2) is 11.5 Å². The van der Waals surface area contributed by atoms with E-state index in [4.69, 9.17) is 13.9 Å². The normalized spacial score (nSPS) is 12.9. The first-order chi connectivity index (χ1) is 13.5. The van der Waals surface area contributed by atoms with Crippen LogP contribution in [0.2, 0.25) is 0 Å². The maximum Gasteiger partial charge on any atom is 0.231 e. The fourth-order valence-corrected chi connectivity index (χ4v) is 3.63. The molecule has 0 radical (unpaired) electrons. The number of fused-ring (bicyclic) bond motifs is 2. The molecule has 0 saturated heterocycles. The van der Waals surface area contributed by atoms with Crippen molar-refractivity contribution >= 4 is 11.0 Å². The highest BCUT2D eigenvalue weighted by Gasteiger charge is 2.21. The zero-order valence-electron chi connectivity index (χ0n) is 16.3. The molecule has 1 aliphatic rings. The van der Waals surface area contributed by atoms with Gasteiger partial charge in [-0.2, -0.15) is 0 Å². The van der Waals surface area contributed by atoms with Crippen LogP contribution in [-0.2, 0) is 13.0 Å². The highest BCUT2D eigenvalue weighted by molar-refractivity contribution is 5.87. The molecule has 2 aromatic carbocycles. The van der Waals surface area contributed by atoms with Crippen LogP contribution in [0.4, 0.5) is 0 Å². The van der Waals surface area contributed by atoms with E-state index in [0.717, 1.165) is 16.9 Å². The van der Waals surface area contributed by atoms with Crippen molar-refractivity contribution in [2.75, 3.05) is 20.9 Å². The number of hydrogen-bond acceptors (Lipinski definition) is 5. The number of hydrogen-bond donors (Lipinski definition) is 2. The minimum atomic E-state index is -0.118. The Labute approximate surface area is 162 Å². The van der Waals surface area contributed by atoms with Crippen molar-refractivity contribution in [2.24, 2.45) is 0 Å². The van der Waals surface area contributed by atoms with Gasteiger partial charge in [-0.25, -0.2) is 0 Å². The van der Waals surface area contributed by atoms with Crippen molar-refractivity contribution in [3.05, 3.63) is 51.9 Å². The molecule has 0 bridgehead atoms. The van der Waals surface area contributed by atoms with E-state index in [1.807, 2.05) is 27.1 Å². The Balaban J connectivity index is 1.93. The largest absolute Gasteiger partial charge is 0.507 e. The summed E-state index contributed by atoms with van der Waals surface area (Å²) in [6.45, 7) is 2.79. The number of ether oxygens (including phenoxy) is 2. The first-order valence-electron chi connectivity index (χ1n) is 9.47. The van der Waals surface area contributed by atoms with E-state index in [9.17, 15) is 9.90 Å². The summed E-state index contributed by atoms with van der Waals surface area (Å²) < 4.78 is 16.7. The van der Waals surface area contributed by atoms with Gasteiger partial charge < -0.3 is 23.9 Å². The van der Waals surface area contributed by atoms with E-state index in [2.05, 4.69) is 0 Å². The second-order valence-corrected chi connectivity index (χ2v) is 7.42. The van der Waals surface area contributed by atoms with Crippen LogP contribution in [-0.4, -0.2) is 26.0 Å². The van der Waals surface area contributed by atoms with Crippen LogP contribution in [0.1, 0.15) is 24.5 Å². The van der Waals surface area contributed by atoms with Crippen LogP contribution < -0.4 is 19.8 Å². The maximum absolute atomic E-state index is 13.3. The van der Waals surface area contributed by atoms with Crippen LogP contribution in [0, 0.1) is 0 Å². The van der Waals surface area contributed by atoms with Crippen molar-refractivity contribution in [3.8, 4) is 28.4 Å². The quantitative estimate of drug-likeness (QED) is 0.709. The van der Waals surface area contributed by atoms with Crippen molar-refractivity contribution in [2.45, 2.75) is 26.3 Å². The molecule has 6 nitrogen and oxygen atoms in total. The average Bonchev–Trinajstić information content (AvgIpc) is 3.13. The minimum Gasteiger partial charge on any atom is -0.507 e. The van der Waals surface area contributed by atoms with E-state index in [1.165, 1.54) is 6.26 Å². The zero-order chi connectivity index (χ0) is 19.8. The summed E-state index contributed by atoms with van der Waals surface area (Å²) in [5, 5.41) is 11.2. The van der Waals surface area contributed by atoms with Crippen molar-refractivity contribution in [3.63, 3.8) is 0 Å².